The van der Waals surface area contributed by atoms with Gasteiger partial charge in [-0.05, 0) is 38.7 Å². The van der Waals surface area contributed by atoms with Crippen LogP contribution in [0.25, 0.3) is 0 Å². The van der Waals surface area contributed by atoms with Crippen molar-refractivity contribution in [1.82, 2.24) is 10.3 Å². The van der Waals surface area contributed by atoms with Gasteiger partial charge in [-0.1, -0.05) is 20.8 Å². The lowest BCUT2D eigenvalue weighted by molar-refractivity contribution is 0.0877. The summed E-state index contributed by atoms with van der Waals surface area (Å²) in [5.74, 6) is -0.0194. The largest absolute Gasteiger partial charge is 0.354 e. The average Bonchev–Trinajstić information content (AvgIpc) is 2.75. The second-order valence-electron chi connectivity index (χ2n) is 6.12. The average molecular weight is 293 g/mol. The molecule has 1 rings (SSSR count). The van der Waals surface area contributed by atoms with Crippen LogP contribution < -0.4 is 11.1 Å². The van der Waals surface area contributed by atoms with E-state index in [2.05, 4.69) is 10.3 Å². The van der Waals surface area contributed by atoms with Crippen molar-refractivity contribution in [1.29, 1.82) is 0 Å². The van der Waals surface area contributed by atoms with Crippen molar-refractivity contribution < 1.29 is 9.59 Å². The van der Waals surface area contributed by atoms with Gasteiger partial charge in [-0.3, -0.25) is 9.59 Å². The van der Waals surface area contributed by atoms with E-state index in [9.17, 15) is 9.59 Å². The van der Waals surface area contributed by atoms with Crippen LogP contribution >= 0.6 is 0 Å². The van der Waals surface area contributed by atoms with Crippen LogP contribution in [0, 0.1) is 12.8 Å². The number of H-pyrrole nitrogens is 1. The second-order valence-corrected chi connectivity index (χ2v) is 6.12. The number of carbonyl (C=O) groups excluding carboxylic acids is 2. The third-order valence-electron chi connectivity index (χ3n) is 4.32. The van der Waals surface area contributed by atoms with Gasteiger partial charge in [0, 0.05) is 17.8 Å². The fourth-order valence-electron chi connectivity index (χ4n) is 2.45. The molecule has 0 aromatic carbocycles. The predicted octanol–water partition coefficient (Wildman–Crippen LogP) is 2.19. The first-order valence-electron chi connectivity index (χ1n) is 7.42. The van der Waals surface area contributed by atoms with Gasteiger partial charge in [0.2, 0.25) is 0 Å². The third kappa shape index (κ3) is 3.35. The summed E-state index contributed by atoms with van der Waals surface area (Å²) in [6.45, 7) is 11.6. The molecule has 1 atom stereocenters. The number of nitrogens with one attached hydrogen (secondary N) is 2. The van der Waals surface area contributed by atoms with Crippen molar-refractivity contribution in [3.8, 4) is 0 Å². The normalized spacial score (nSPS) is 14.1. The van der Waals surface area contributed by atoms with E-state index in [1.54, 1.807) is 0 Å². The number of aryl methyl sites for hydroxylation is 1. The Kier molecular flexibility index (Phi) is 5.34. The molecule has 4 N–H and O–H groups in total. The molecule has 0 aliphatic carbocycles. The van der Waals surface area contributed by atoms with Gasteiger partial charge in [-0.25, -0.2) is 0 Å². The van der Waals surface area contributed by atoms with Crippen molar-refractivity contribution >= 4 is 11.7 Å². The number of Topliss-reactive ketones (excluding diaryl/α,β-unsaturated/α-hetero) is 1. The van der Waals surface area contributed by atoms with E-state index in [-0.39, 0.29) is 17.6 Å². The van der Waals surface area contributed by atoms with Crippen LogP contribution in [0.5, 0.6) is 0 Å². The second kappa shape index (κ2) is 6.43. The van der Waals surface area contributed by atoms with Crippen LogP contribution in [-0.4, -0.2) is 28.8 Å². The predicted molar refractivity (Wildman–Crippen MR) is 84.7 cm³/mol. The van der Waals surface area contributed by atoms with E-state index in [0.717, 1.165) is 11.3 Å². The van der Waals surface area contributed by atoms with E-state index < -0.39 is 5.54 Å². The fraction of sp³-hybridized carbons (Fsp3) is 0.625. The highest BCUT2D eigenvalue weighted by molar-refractivity contribution is 6.02. The molecule has 0 saturated carbocycles. The van der Waals surface area contributed by atoms with Gasteiger partial charge < -0.3 is 16.0 Å². The van der Waals surface area contributed by atoms with Gasteiger partial charge in [0.25, 0.3) is 5.91 Å². The smallest absolute Gasteiger partial charge is 0.268 e. The Labute approximate surface area is 126 Å². The summed E-state index contributed by atoms with van der Waals surface area (Å²) in [5.41, 5.74) is 7.95. The molecule has 0 bridgehead atoms. The van der Waals surface area contributed by atoms with Gasteiger partial charge in [-0.2, -0.15) is 0 Å². The number of carbonyl (C=O) groups is 2. The molecule has 21 heavy (non-hydrogen) atoms. The zero-order valence-corrected chi connectivity index (χ0v) is 13.9. The lowest BCUT2D eigenvalue weighted by Gasteiger charge is -2.33. The van der Waals surface area contributed by atoms with Crippen molar-refractivity contribution in [2.24, 2.45) is 11.7 Å². The maximum Gasteiger partial charge on any atom is 0.268 e. The molecule has 1 heterocycles. The molecule has 1 amide bonds. The molecule has 0 spiro atoms. The van der Waals surface area contributed by atoms with E-state index in [0.29, 0.717) is 24.2 Å². The van der Waals surface area contributed by atoms with Crippen LogP contribution in [0.3, 0.4) is 0 Å². The van der Waals surface area contributed by atoms with E-state index >= 15 is 0 Å². The monoisotopic (exact) mass is 293 g/mol. The zero-order valence-electron chi connectivity index (χ0n) is 13.9. The molecule has 0 fully saturated rings. The first kappa shape index (κ1) is 17.4. The summed E-state index contributed by atoms with van der Waals surface area (Å²) >= 11 is 0. The summed E-state index contributed by atoms with van der Waals surface area (Å²) in [4.78, 5) is 27.4. The summed E-state index contributed by atoms with van der Waals surface area (Å²) in [5, 5.41) is 3.01. The van der Waals surface area contributed by atoms with Gasteiger partial charge >= 0.3 is 0 Å². The van der Waals surface area contributed by atoms with E-state index in [4.69, 9.17) is 5.73 Å². The number of aromatic amines is 1. The summed E-state index contributed by atoms with van der Waals surface area (Å²) < 4.78 is 0. The standard InChI is InChI=1S/C16H27N3O2/c1-7-12-13(11(5)20)10(4)18-14(12)15(21)19-16(6,8-17)9(2)3/h9,18H,7-8,17H2,1-6H3,(H,19,21). The number of ketones is 1. The third-order valence-corrected chi connectivity index (χ3v) is 4.32. The Bertz CT molecular complexity index is 546. The molecule has 0 saturated heterocycles. The molecular formula is C16H27N3O2. The Balaban J connectivity index is 3.20. The maximum atomic E-state index is 12.6. The zero-order chi connectivity index (χ0) is 16.4. The van der Waals surface area contributed by atoms with Crippen LogP contribution in [0.15, 0.2) is 0 Å². The highest BCUT2D eigenvalue weighted by Gasteiger charge is 2.31. The van der Waals surface area contributed by atoms with E-state index in [1.165, 1.54) is 6.92 Å². The minimum atomic E-state index is -0.475. The molecule has 1 unspecified atom stereocenters. The fourth-order valence-corrected chi connectivity index (χ4v) is 2.45. The van der Waals surface area contributed by atoms with Gasteiger partial charge in [-0.15, -0.1) is 0 Å². The van der Waals surface area contributed by atoms with Crippen molar-refractivity contribution in [3.05, 3.63) is 22.5 Å². The van der Waals surface area contributed by atoms with Crippen LogP contribution in [0.4, 0.5) is 0 Å². The lowest BCUT2D eigenvalue weighted by Crippen LogP contribution is -2.55. The van der Waals surface area contributed by atoms with Crippen molar-refractivity contribution in [3.63, 3.8) is 0 Å². The van der Waals surface area contributed by atoms with Crippen LogP contribution in [0.2, 0.25) is 0 Å². The highest BCUT2D eigenvalue weighted by atomic mass is 16.2. The summed E-state index contributed by atoms with van der Waals surface area (Å²) in [6, 6.07) is 0. The number of amides is 1. The van der Waals surface area contributed by atoms with Gasteiger partial charge in [0.05, 0.1) is 5.54 Å². The van der Waals surface area contributed by atoms with Gasteiger partial charge in [0.15, 0.2) is 5.78 Å². The summed E-state index contributed by atoms with van der Waals surface area (Å²) in [6.07, 6.45) is 0.628. The van der Waals surface area contributed by atoms with Crippen molar-refractivity contribution in [2.75, 3.05) is 6.54 Å². The molecule has 5 heteroatoms. The first-order valence-corrected chi connectivity index (χ1v) is 7.42. The molecule has 0 aliphatic heterocycles. The molecule has 0 aliphatic rings. The minimum Gasteiger partial charge on any atom is -0.354 e. The SMILES string of the molecule is CCc1c(C(=O)NC(C)(CN)C(C)C)[nH]c(C)c1C(C)=O. The Morgan fingerprint density at radius 3 is 2.33 bits per heavy atom. The quantitative estimate of drug-likeness (QED) is 0.702. The van der Waals surface area contributed by atoms with Crippen molar-refractivity contribution in [2.45, 2.75) is 53.5 Å². The Hall–Kier alpha value is -1.62. The molecule has 118 valence electrons. The highest BCUT2D eigenvalue weighted by Crippen LogP contribution is 2.22. The van der Waals surface area contributed by atoms with E-state index in [1.807, 2.05) is 34.6 Å². The number of nitrogens with two attached hydrogens (primary N) is 1. The van der Waals surface area contributed by atoms with Crippen LogP contribution in [-0.2, 0) is 6.42 Å². The van der Waals surface area contributed by atoms with Gasteiger partial charge in [0.1, 0.15) is 5.69 Å². The number of hydrogen-bond acceptors (Lipinski definition) is 3. The molecule has 1 aromatic rings. The molecule has 0 radical (unpaired) electrons. The topological polar surface area (TPSA) is 88.0 Å². The Morgan fingerprint density at radius 1 is 1.38 bits per heavy atom. The number of hydrogen-bond donors (Lipinski definition) is 3. The van der Waals surface area contributed by atoms with Crippen LogP contribution in [0.1, 0.15) is 66.7 Å². The first-order chi connectivity index (χ1) is 9.67. The number of rotatable bonds is 6. The molecular weight excluding hydrogens is 266 g/mol. The summed E-state index contributed by atoms with van der Waals surface area (Å²) in [7, 11) is 0. The molecule has 5 nitrogen and oxygen atoms in total. The Morgan fingerprint density at radius 2 is 1.95 bits per heavy atom. The maximum absolute atomic E-state index is 12.6. The minimum absolute atomic E-state index is 0.0231. The number of aromatic nitrogens is 1. The molecule has 1 aromatic heterocycles. The lowest BCUT2D eigenvalue weighted by atomic mass is 9.88.